The standard InChI is InChI=1S/C14H18ClN3O/c1-10(2)16-8-4-7-13-17-18-14(19-13)11-5-3-6-12(15)9-11/h3,5-6,9-10,16H,4,7-8H2,1-2H3. The van der Waals surface area contributed by atoms with Crippen molar-refractivity contribution in [2.45, 2.75) is 32.7 Å². The molecule has 102 valence electrons. The van der Waals surface area contributed by atoms with E-state index in [4.69, 9.17) is 16.0 Å². The summed E-state index contributed by atoms with van der Waals surface area (Å²) in [6.45, 7) is 5.21. The first kappa shape index (κ1) is 14.0. The number of benzene rings is 1. The fraction of sp³-hybridized carbons (Fsp3) is 0.429. The van der Waals surface area contributed by atoms with E-state index in [1.165, 1.54) is 0 Å². The van der Waals surface area contributed by atoms with Crippen LogP contribution in [0.15, 0.2) is 28.7 Å². The van der Waals surface area contributed by atoms with E-state index in [2.05, 4.69) is 29.4 Å². The van der Waals surface area contributed by atoms with Gasteiger partial charge in [-0.15, -0.1) is 10.2 Å². The zero-order valence-corrected chi connectivity index (χ0v) is 11.9. The molecular weight excluding hydrogens is 262 g/mol. The highest BCUT2D eigenvalue weighted by molar-refractivity contribution is 6.30. The SMILES string of the molecule is CC(C)NCCCc1nnc(-c2cccc(Cl)c2)o1. The number of nitrogens with zero attached hydrogens (tertiary/aromatic N) is 2. The van der Waals surface area contributed by atoms with Crippen LogP contribution in [-0.4, -0.2) is 22.8 Å². The lowest BCUT2D eigenvalue weighted by Gasteiger charge is -2.05. The van der Waals surface area contributed by atoms with Crippen LogP contribution in [0.2, 0.25) is 5.02 Å². The number of halogens is 1. The molecule has 0 aliphatic rings. The number of aromatic nitrogens is 2. The lowest BCUT2D eigenvalue weighted by atomic mass is 10.2. The molecular formula is C14H18ClN3O. The van der Waals surface area contributed by atoms with Crippen molar-refractivity contribution in [2.24, 2.45) is 0 Å². The number of aryl methyl sites for hydroxylation is 1. The van der Waals surface area contributed by atoms with Crippen LogP contribution in [0, 0.1) is 0 Å². The summed E-state index contributed by atoms with van der Waals surface area (Å²) in [5, 5.41) is 12.1. The second-order valence-electron chi connectivity index (χ2n) is 4.72. The Kier molecular flexibility index (Phi) is 4.93. The Hall–Kier alpha value is -1.39. The number of nitrogens with one attached hydrogen (secondary N) is 1. The van der Waals surface area contributed by atoms with Gasteiger partial charge in [-0.05, 0) is 31.2 Å². The molecule has 0 aliphatic carbocycles. The van der Waals surface area contributed by atoms with Gasteiger partial charge in [-0.2, -0.15) is 0 Å². The van der Waals surface area contributed by atoms with E-state index in [1.54, 1.807) is 0 Å². The van der Waals surface area contributed by atoms with Crippen molar-refractivity contribution < 1.29 is 4.42 Å². The maximum absolute atomic E-state index is 5.94. The van der Waals surface area contributed by atoms with Crippen molar-refractivity contribution in [1.29, 1.82) is 0 Å². The van der Waals surface area contributed by atoms with Gasteiger partial charge in [-0.1, -0.05) is 31.5 Å². The first-order valence-corrected chi connectivity index (χ1v) is 6.84. The van der Waals surface area contributed by atoms with E-state index in [0.29, 0.717) is 22.8 Å². The molecule has 0 spiro atoms. The van der Waals surface area contributed by atoms with E-state index < -0.39 is 0 Å². The van der Waals surface area contributed by atoms with E-state index in [0.717, 1.165) is 24.9 Å². The molecule has 0 atom stereocenters. The second-order valence-corrected chi connectivity index (χ2v) is 5.16. The summed E-state index contributed by atoms with van der Waals surface area (Å²) in [6, 6.07) is 7.92. The topological polar surface area (TPSA) is 51.0 Å². The minimum Gasteiger partial charge on any atom is -0.421 e. The quantitative estimate of drug-likeness (QED) is 0.824. The van der Waals surface area contributed by atoms with Gasteiger partial charge in [0.15, 0.2) is 0 Å². The van der Waals surface area contributed by atoms with Crippen molar-refractivity contribution in [1.82, 2.24) is 15.5 Å². The first-order chi connectivity index (χ1) is 9.15. The zero-order valence-electron chi connectivity index (χ0n) is 11.2. The van der Waals surface area contributed by atoms with Crippen LogP contribution in [0.4, 0.5) is 0 Å². The van der Waals surface area contributed by atoms with Gasteiger partial charge < -0.3 is 9.73 Å². The third kappa shape index (κ3) is 4.33. The highest BCUT2D eigenvalue weighted by Crippen LogP contribution is 2.21. The molecule has 0 fully saturated rings. The molecule has 0 saturated carbocycles. The molecule has 1 N–H and O–H groups in total. The summed E-state index contributed by atoms with van der Waals surface area (Å²) in [4.78, 5) is 0. The summed E-state index contributed by atoms with van der Waals surface area (Å²) in [7, 11) is 0. The van der Waals surface area contributed by atoms with Crippen LogP contribution in [0.25, 0.3) is 11.5 Å². The number of rotatable bonds is 6. The highest BCUT2D eigenvalue weighted by Gasteiger charge is 2.08. The molecule has 0 bridgehead atoms. The second kappa shape index (κ2) is 6.68. The normalized spacial score (nSPS) is 11.2. The Balaban J connectivity index is 1.92. The maximum Gasteiger partial charge on any atom is 0.247 e. The lowest BCUT2D eigenvalue weighted by molar-refractivity contribution is 0.484. The molecule has 0 unspecified atom stereocenters. The molecule has 0 aliphatic heterocycles. The third-order valence-corrected chi connectivity index (χ3v) is 2.89. The van der Waals surface area contributed by atoms with Gasteiger partial charge in [0.1, 0.15) is 0 Å². The Morgan fingerprint density at radius 3 is 2.89 bits per heavy atom. The van der Waals surface area contributed by atoms with Crippen LogP contribution in [-0.2, 0) is 6.42 Å². The summed E-state index contributed by atoms with van der Waals surface area (Å²) < 4.78 is 5.62. The average Bonchev–Trinajstić information content (AvgIpc) is 2.83. The van der Waals surface area contributed by atoms with Gasteiger partial charge in [-0.25, -0.2) is 0 Å². The molecule has 1 heterocycles. The van der Waals surface area contributed by atoms with Crippen molar-refractivity contribution in [3.8, 4) is 11.5 Å². The molecule has 0 amide bonds. The number of hydrogen-bond donors (Lipinski definition) is 1. The Morgan fingerprint density at radius 2 is 2.16 bits per heavy atom. The molecule has 2 rings (SSSR count). The molecule has 19 heavy (non-hydrogen) atoms. The van der Waals surface area contributed by atoms with Crippen LogP contribution in [0.1, 0.15) is 26.2 Å². The largest absolute Gasteiger partial charge is 0.421 e. The molecule has 2 aromatic rings. The molecule has 1 aromatic heterocycles. The van der Waals surface area contributed by atoms with Crippen molar-refractivity contribution in [3.05, 3.63) is 35.2 Å². The van der Waals surface area contributed by atoms with Gasteiger partial charge >= 0.3 is 0 Å². The summed E-state index contributed by atoms with van der Waals surface area (Å²) in [5.41, 5.74) is 0.853. The molecule has 1 aromatic carbocycles. The van der Waals surface area contributed by atoms with Gasteiger partial charge in [0.05, 0.1) is 0 Å². The minimum absolute atomic E-state index is 0.504. The Bertz CT molecular complexity index is 525. The fourth-order valence-corrected chi connectivity index (χ4v) is 1.91. The summed E-state index contributed by atoms with van der Waals surface area (Å²) in [5.74, 6) is 1.19. The van der Waals surface area contributed by atoms with E-state index in [-0.39, 0.29) is 0 Å². The molecule has 4 nitrogen and oxygen atoms in total. The Labute approximate surface area is 118 Å². The average molecular weight is 280 g/mol. The predicted molar refractivity (Wildman–Crippen MR) is 76.2 cm³/mol. The number of hydrogen-bond acceptors (Lipinski definition) is 4. The molecule has 0 radical (unpaired) electrons. The van der Waals surface area contributed by atoms with E-state index in [1.807, 2.05) is 24.3 Å². The monoisotopic (exact) mass is 279 g/mol. The zero-order chi connectivity index (χ0) is 13.7. The van der Waals surface area contributed by atoms with E-state index >= 15 is 0 Å². The van der Waals surface area contributed by atoms with Crippen LogP contribution in [0.3, 0.4) is 0 Å². The summed E-state index contributed by atoms with van der Waals surface area (Å²) >= 11 is 5.94. The van der Waals surface area contributed by atoms with E-state index in [9.17, 15) is 0 Å². The fourth-order valence-electron chi connectivity index (χ4n) is 1.72. The van der Waals surface area contributed by atoms with Crippen molar-refractivity contribution in [3.63, 3.8) is 0 Å². The summed E-state index contributed by atoms with van der Waals surface area (Å²) in [6.07, 6.45) is 1.77. The first-order valence-electron chi connectivity index (χ1n) is 6.47. The molecule has 0 saturated heterocycles. The third-order valence-electron chi connectivity index (χ3n) is 2.66. The van der Waals surface area contributed by atoms with Crippen molar-refractivity contribution in [2.75, 3.05) is 6.54 Å². The predicted octanol–water partition coefficient (Wildman–Crippen LogP) is 3.32. The van der Waals surface area contributed by atoms with Gasteiger partial charge in [0.2, 0.25) is 11.8 Å². The molecule has 5 heteroatoms. The lowest BCUT2D eigenvalue weighted by Crippen LogP contribution is -2.23. The Morgan fingerprint density at radius 1 is 1.32 bits per heavy atom. The van der Waals surface area contributed by atoms with Crippen LogP contribution >= 0.6 is 11.6 Å². The van der Waals surface area contributed by atoms with Crippen molar-refractivity contribution >= 4 is 11.6 Å². The highest BCUT2D eigenvalue weighted by atomic mass is 35.5. The van der Waals surface area contributed by atoms with Crippen LogP contribution in [0.5, 0.6) is 0 Å². The van der Waals surface area contributed by atoms with Crippen LogP contribution < -0.4 is 5.32 Å². The van der Waals surface area contributed by atoms with Gasteiger partial charge in [0.25, 0.3) is 0 Å². The minimum atomic E-state index is 0.504. The van der Waals surface area contributed by atoms with Gasteiger partial charge in [-0.3, -0.25) is 0 Å². The van der Waals surface area contributed by atoms with Gasteiger partial charge in [0, 0.05) is 23.0 Å². The maximum atomic E-state index is 5.94. The smallest absolute Gasteiger partial charge is 0.247 e.